The number of hydrogen-bond acceptors (Lipinski definition) is 1. The summed E-state index contributed by atoms with van der Waals surface area (Å²) in [5.74, 6) is 0. The number of furan rings is 1. The van der Waals surface area contributed by atoms with Crippen LogP contribution in [-0.2, 0) is 6.42 Å². The Morgan fingerprint density at radius 1 is 0.333 bits per heavy atom. The van der Waals surface area contributed by atoms with Crippen LogP contribution in [0.15, 0.2) is 205 Å². The van der Waals surface area contributed by atoms with Gasteiger partial charge in [0.2, 0.25) is 0 Å². The van der Waals surface area contributed by atoms with E-state index in [2.05, 4.69) is 206 Å². The first-order valence-electron chi connectivity index (χ1n) is 22.1. The zero-order valence-corrected chi connectivity index (χ0v) is 34.5. The lowest BCUT2D eigenvalue weighted by Gasteiger charge is -2.20. The molecule has 0 bridgehead atoms. The van der Waals surface area contributed by atoms with E-state index >= 15 is 0 Å². The van der Waals surface area contributed by atoms with Gasteiger partial charge in [-0.2, -0.15) is 0 Å². The van der Waals surface area contributed by atoms with Crippen LogP contribution in [0.25, 0.3) is 138 Å². The van der Waals surface area contributed by atoms with Gasteiger partial charge in [-0.15, -0.1) is 0 Å². The highest BCUT2D eigenvalue weighted by Gasteiger charge is 2.30. The van der Waals surface area contributed by atoms with E-state index in [0.717, 1.165) is 34.8 Å². The van der Waals surface area contributed by atoms with Crippen molar-refractivity contribution in [3.8, 4) is 66.8 Å². The molecule has 0 spiro atoms. The van der Waals surface area contributed by atoms with Crippen molar-refractivity contribution in [2.75, 3.05) is 0 Å². The van der Waals surface area contributed by atoms with Crippen molar-refractivity contribution in [1.82, 2.24) is 0 Å². The fourth-order valence-electron chi connectivity index (χ4n) is 11.3. The highest BCUT2D eigenvalue weighted by atomic mass is 16.3. The first-order valence-corrected chi connectivity index (χ1v) is 22.1. The molecule has 0 saturated heterocycles. The maximum Gasteiger partial charge on any atom is 0.136 e. The molecular formula is C62H38O. The first-order chi connectivity index (χ1) is 31.3. The van der Waals surface area contributed by atoms with E-state index in [1.54, 1.807) is 0 Å². The molecule has 1 heterocycles. The van der Waals surface area contributed by atoms with Crippen LogP contribution in [0.3, 0.4) is 0 Å². The van der Waals surface area contributed by atoms with Crippen molar-refractivity contribution in [3.63, 3.8) is 0 Å². The van der Waals surface area contributed by atoms with Gasteiger partial charge in [-0.3, -0.25) is 0 Å². The molecule has 1 heteroatoms. The smallest absolute Gasteiger partial charge is 0.136 e. The number of hydrogen-bond donors (Lipinski definition) is 0. The second-order valence-electron chi connectivity index (χ2n) is 17.3. The maximum absolute atomic E-state index is 6.69. The molecular weight excluding hydrogens is 761 g/mol. The summed E-state index contributed by atoms with van der Waals surface area (Å²) < 4.78 is 6.69. The van der Waals surface area contributed by atoms with E-state index in [0.29, 0.717) is 0 Å². The van der Waals surface area contributed by atoms with Gasteiger partial charge in [-0.1, -0.05) is 182 Å². The Kier molecular flexibility index (Phi) is 7.29. The molecule has 1 nitrogen and oxygen atoms in total. The van der Waals surface area contributed by atoms with Gasteiger partial charge in [0.05, 0.1) is 0 Å². The molecule has 0 atom stereocenters. The van der Waals surface area contributed by atoms with Crippen LogP contribution >= 0.6 is 0 Å². The fraction of sp³-hybridized carbons (Fsp3) is 0.0323. The van der Waals surface area contributed by atoms with Crippen LogP contribution < -0.4 is 0 Å². The third kappa shape index (κ3) is 4.99. The van der Waals surface area contributed by atoms with Crippen molar-refractivity contribution in [2.45, 2.75) is 12.8 Å². The summed E-state index contributed by atoms with van der Waals surface area (Å²) in [4.78, 5) is 0. The van der Waals surface area contributed by atoms with Gasteiger partial charge in [-0.25, -0.2) is 0 Å². The molecule has 14 rings (SSSR count). The van der Waals surface area contributed by atoms with Gasteiger partial charge in [0.1, 0.15) is 11.2 Å². The Balaban J connectivity index is 1.02. The van der Waals surface area contributed by atoms with Crippen LogP contribution in [-0.4, -0.2) is 0 Å². The summed E-state index contributed by atoms with van der Waals surface area (Å²) in [6.45, 7) is 0. The number of benzene rings is 11. The molecule has 2 aliphatic rings. The lowest BCUT2D eigenvalue weighted by molar-refractivity contribution is 0.669. The minimum atomic E-state index is 0.897. The average Bonchev–Trinajstić information content (AvgIpc) is 3.90. The van der Waals surface area contributed by atoms with E-state index < -0.39 is 0 Å². The van der Waals surface area contributed by atoms with Crippen LogP contribution in [0.1, 0.15) is 17.5 Å². The Labute approximate surface area is 364 Å². The van der Waals surface area contributed by atoms with E-state index in [4.69, 9.17) is 4.42 Å². The molecule has 63 heavy (non-hydrogen) atoms. The van der Waals surface area contributed by atoms with Crippen molar-refractivity contribution >= 4 is 71.1 Å². The largest absolute Gasteiger partial charge is 0.456 e. The van der Waals surface area contributed by atoms with Crippen LogP contribution in [0.5, 0.6) is 0 Å². The van der Waals surface area contributed by atoms with Crippen molar-refractivity contribution in [1.29, 1.82) is 0 Å². The Morgan fingerprint density at radius 3 is 1.86 bits per heavy atom. The standard InChI is InChI=1S/C62H38O/c1-4-18-41-37(13-1)16-9-23-45(41)51-31-32-52(46-24-10-17-38-14-2-5-19-42(38)46)62-54-33-30-48(49-25-11-27-53(59(49)54)61(51)62)50-26-12-28-58-60(50)56-36-40(29-34-57(56)63-58)55-35-39-15-3-6-20-43(39)44-21-7-8-22-47(44)55/h2-12,14-36H,1,13H2. The molecule has 1 aromatic heterocycles. The normalized spacial score (nSPS) is 12.9. The van der Waals surface area contributed by atoms with Gasteiger partial charge in [0.15, 0.2) is 0 Å². The second kappa shape index (κ2) is 13.2. The fourth-order valence-corrected chi connectivity index (χ4v) is 11.3. The predicted molar refractivity (Wildman–Crippen MR) is 267 cm³/mol. The molecule has 11 aromatic carbocycles. The van der Waals surface area contributed by atoms with Crippen LogP contribution in [0.2, 0.25) is 0 Å². The summed E-state index contributed by atoms with van der Waals surface area (Å²) in [6, 6.07) is 72.1. The molecule has 12 aromatic rings. The SMILES string of the molecule is C1=Cc2c(cccc2-c2ccc(-c3cccc4ccccc34)c3c2-c2cccc4c(-c5cccc6oc7ccc(-c8cc9ccccc9c9ccccc89)cc7c56)ccc-3c24)CC1. The third-order valence-electron chi connectivity index (χ3n) is 14.1. The van der Waals surface area contributed by atoms with Gasteiger partial charge in [-0.05, 0) is 158 Å². The molecule has 0 radical (unpaired) electrons. The minimum Gasteiger partial charge on any atom is -0.456 e. The Hall–Kier alpha value is -8.00. The summed E-state index contributed by atoms with van der Waals surface area (Å²) in [6.07, 6.45) is 6.85. The van der Waals surface area contributed by atoms with E-state index in [9.17, 15) is 0 Å². The number of aryl methyl sites for hydroxylation is 1. The summed E-state index contributed by atoms with van der Waals surface area (Å²) >= 11 is 0. The van der Waals surface area contributed by atoms with E-state index in [-0.39, 0.29) is 0 Å². The van der Waals surface area contributed by atoms with Crippen molar-refractivity contribution in [2.24, 2.45) is 0 Å². The third-order valence-corrected chi connectivity index (χ3v) is 14.1. The van der Waals surface area contributed by atoms with Crippen LogP contribution in [0, 0.1) is 0 Å². The lowest BCUT2D eigenvalue weighted by atomic mass is 9.83. The Morgan fingerprint density at radius 2 is 0.952 bits per heavy atom. The molecule has 292 valence electrons. The zero-order chi connectivity index (χ0) is 41.2. The highest BCUT2D eigenvalue weighted by molar-refractivity contribution is 6.26. The quantitative estimate of drug-likeness (QED) is 0.162. The number of fused-ring (bicyclic) bond motifs is 11. The highest BCUT2D eigenvalue weighted by Crippen LogP contribution is 2.57. The van der Waals surface area contributed by atoms with Crippen molar-refractivity contribution in [3.05, 3.63) is 211 Å². The molecule has 0 N–H and O–H groups in total. The first kappa shape index (κ1) is 34.7. The van der Waals surface area contributed by atoms with E-state index in [1.807, 2.05) is 0 Å². The summed E-state index contributed by atoms with van der Waals surface area (Å²) in [7, 11) is 0. The summed E-state index contributed by atoms with van der Waals surface area (Å²) in [5, 5.41) is 12.4. The van der Waals surface area contributed by atoms with Gasteiger partial charge in [0.25, 0.3) is 0 Å². The summed E-state index contributed by atoms with van der Waals surface area (Å²) in [5.41, 5.74) is 19.7. The number of rotatable bonds is 4. The molecule has 0 fully saturated rings. The Bertz CT molecular complexity index is 3960. The topological polar surface area (TPSA) is 13.1 Å². The molecule has 0 saturated carbocycles. The van der Waals surface area contributed by atoms with Crippen molar-refractivity contribution < 1.29 is 4.42 Å². The predicted octanol–water partition coefficient (Wildman–Crippen LogP) is 17.5. The number of allylic oxidation sites excluding steroid dienone is 1. The molecule has 0 aliphatic heterocycles. The van der Waals surface area contributed by atoms with E-state index in [1.165, 1.54) is 121 Å². The second-order valence-corrected chi connectivity index (χ2v) is 17.3. The lowest BCUT2D eigenvalue weighted by Crippen LogP contribution is -1.98. The molecule has 2 aliphatic carbocycles. The molecule has 0 unspecified atom stereocenters. The van der Waals surface area contributed by atoms with Gasteiger partial charge in [0, 0.05) is 10.8 Å². The molecule has 0 amide bonds. The van der Waals surface area contributed by atoms with Gasteiger partial charge >= 0.3 is 0 Å². The van der Waals surface area contributed by atoms with Crippen LogP contribution in [0.4, 0.5) is 0 Å². The maximum atomic E-state index is 6.69. The average molecular weight is 799 g/mol. The minimum absolute atomic E-state index is 0.897. The van der Waals surface area contributed by atoms with Gasteiger partial charge < -0.3 is 4.42 Å². The monoisotopic (exact) mass is 798 g/mol. The zero-order valence-electron chi connectivity index (χ0n) is 34.5.